The lowest BCUT2D eigenvalue weighted by Crippen LogP contribution is -2.41. The molecule has 0 fully saturated rings. The number of rotatable bonds is 3. The highest BCUT2D eigenvalue weighted by Crippen LogP contribution is 2.32. The number of hydrogen-bond acceptors (Lipinski definition) is 4. The Morgan fingerprint density at radius 3 is 2.74 bits per heavy atom. The topological polar surface area (TPSA) is 55.8 Å². The van der Waals surface area contributed by atoms with E-state index in [-0.39, 0.29) is 18.6 Å². The second-order valence-electron chi connectivity index (χ2n) is 4.36. The van der Waals surface area contributed by atoms with Crippen molar-refractivity contribution in [1.82, 2.24) is 0 Å². The van der Waals surface area contributed by atoms with Crippen LogP contribution in [0.1, 0.15) is 19.4 Å². The van der Waals surface area contributed by atoms with E-state index in [0.29, 0.717) is 13.0 Å². The van der Waals surface area contributed by atoms with E-state index in [4.69, 9.17) is 9.47 Å². The molecule has 1 amide bonds. The molecule has 2 rings (SSSR count). The third-order valence-electron chi connectivity index (χ3n) is 3.02. The van der Waals surface area contributed by atoms with E-state index in [9.17, 15) is 9.59 Å². The SMILES string of the molecule is CCOC(=O)N1c2ccccc2C[C@H]1COC(C)=O. The van der Waals surface area contributed by atoms with Crippen LogP contribution >= 0.6 is 0 Å². The zero-order valence-corrected chi connectivity index (χ0v) is 11.1. The highest BCUT2D eigenvalue weighted by atomic mass is 16.6. The molecule has 0 saturated heterocycles. The van der Waals surface area contributed by atoms with Gasteiger partial charge in [-0.3, -0.25) is 9.69 Å². The summed E-state index contributed by atoms with van der Waals surface area (Å²) in [5, 5.41) is 0. The molecule has 5 heteroatoms. The fourth-order valence-corrected chi connectivity index (χ4v) is 2.25. The van der Waals surface area contributed by atoms with Crippen molar-refractivity contribution in [2.24, 2.45) is 0 Å². The minimum Gasteiger partial charge on any atom is -0.464 e. The first-order valence-electron chi connectivity index (χ1n) is 6.30. The summed E-state index contributed by atoms with van der Waals surface area (Å²) >= 11 is 0. The maximum absolute atomic E-state index is 12.0. The molecule has 0 radical (unpaired) electrons. The molecule has 0 unspecified atom stereocenters. The number of hydrogen-bond donors (Lipinski definition) is 0. The van der Waals surface area contributed by atoms with Crippen molar-refractivity contribution in [3.63, 3.8) is 0 Å². The van der Waals surface area contributed by atoms with Crippen LogP contribution in [-0.4, -0.2) is 31.3 Å². The Labute approximate surface area is 112 Å². The van der Waals surface area contributed by atoms with E-state index in [1.807, 2.05) is 24.3 Å². The average molecular weight is 263 g/mol. The molecule has 5 nitrogen and oxygen atoms in total. The fourth-order valence-electron chi connectivity index (χ4n) is 2.25. The van der Waals surface area contributed by atoms with Crippen LogP contribution < -0.4 is 4.90 Å². The Bertz CT molecular complexity index is 486. The predicted octanol–water partition coefficient (Wildman–Crippen LogP) is 2.14. The van der Waals surface area contributed by atoms with Crippen LogP contribution in [0.2, 0.25) is 0 Å². The molecule has 0 aromatic heterocycles. The van der Waals surface area contributed by atoms with E-state index in [0.717, 1.165) is 11.3 Å². The summed E-state index contributed by atoms with van der Waals surface area (Å²) in [6, 6.07) is 7.45. The molecule has 1 heterocycles. The van der Waals surface area contributed by atoms with E-state index in [1.165, 1.54) is 6.92 Å². The maximum atomic E-state index is 12.0. The summed E-state index contributed by atoms with van der Waals surface area (Å²) in [4.78, 5) is 24.5. The van der Waals surface area contributed by atoms with E-state index in [2.05, 4.69) is 0 Å². The Hall–Kier alpha value is -2.04. The van der Waals surface area contributed by atoms with Gasteiger partial charge in [-0.2, -0.15) is 0 Å². The summed E-state index contributed by atoms with van der Waals surface area (Å²) in [5.41, 5.74) is 1.89. The van der Waals surface area contributed by atoms with Gasteiger partial charge in [0.2, 0.25) is 0 Å². The van der Waals surface area contributed by atoms with Crippen LogP contribution in [0.25, 0.3) is 0 Å². The smallest absolute Gasteiger partial charge is 0.414 e. The summed E-state index contributed by atoms with van der Waals surface area (Å²) in [6.45, 7) is 3.62. The predicted molar refractivity (Wildman–Crippen MR) is 70.1 cm³/mol. The molecule has 0 spiro atoms. The van der Waals surface area contributed by atoms with Crippen molar-refractivity contribution in [2.45, 2.75) is 26.3 Å². The maximum Gasteiger partial charge on any atom is 0.414 e. The van der Waals surface area contributed by atoms with Crippen LogP contribution in [0, 0.1) is 0 Å². The van der Waals surface area contributed by atoms with Gasteiger partial charge in [0.25, 0.3) is 0 Å². The second kappa shape index (κ2) is 5.73. The highest BCUT2D eigenvalue weighted by Gasteiger charge is 2.35. The van der Waals surface area contributed by atoms with E-state index < -0.39 is 6.09 Å². The lowest BCUT2D eigenvalue weighted by Gasteiger charge is -2.24. The summed E-state index contributed by atoms with van der Waals surface area (Å²) in [5.74, 6) is -0.347. The van der Waals surface area contributed by atoms with Gasteiger partial charge in [-0.15, -0.1) is 0 Å². The molecule has 1 aromatic rings. The number of fused-ring (bicyclic) bond motifs is 1. The van der Waals surface area contributed by atoms with E-state index >= 15 is 0 Å². The lowest BCUT2D eigenvalue weighted by molar-refractivity contribution is -0.141. The second-order valence-corrected chi connectivity index (χ2v) is 4.36. The summed E-state index contributed by atoms with van der Waals surface area (Å²) in [6.07, 6.45) is 0.270. The third kappa shape index (κ3) is 2.86. The number of carbonyl (C=O) groups is 2. The fraction of sp³-hybridized carbons (Fsp3) is 0.429. The number of esters is 1. The van der Waals surface area contributed by atoms with E-state index in [1.54, 1.807) is 11.8 Å². The molecule has 102 valence electrons. The number of para-hydroxylation sites is 1. The molecule has 19 heavy (non-hydrogen) atoms. The molecule has 1 aromatic carbocycles. The normalized spacial score (nSPS) is 16.9. The van der Waals surface area contributed by atoms with Gasteiger partial charge < -0.3 is 9.47 Å². The Morgan fingerprint density at radius 2 is 2.05 bits per heavy atom. The largest absolute Gasteiger partial charge is 0.464 e. The zero-order valence-electron chi connectivity index (χ0n) is 11.1. The van der Waals surface area contributed by atoms with Crippen molar-refractivity contribution in [3.8, 4) is 0 Å². The minimum absolute atomic E-state index is 0.183. The quantitative estimate of drug-likeness (QED) is 0.784. The van der Waals surface area contributed by atoms with Gasteiger partial charge in [0.05, 0.1) is 18.3 Å². The van der Waals surface area contributed by atoms with Crippen LogP contribution in [0.15, 0.2) is 24.3 Å². The number of ether oxygens (including phenoxy) is 2. The lowest BCUT2D eigenvalue weighted by atomic mass is 10.1. The average Bonchev–Trinajstić information content (AvgIpc) is 2.74. The monoisotopic (exact) mass is 263 g/mol. The van der Waals surface area contributed by atoms with Crippen LogP contribution in [0.5, 0.6) is 0 Å². The zero-order chi connectivity index (χ0) is 13.8. The first-order valence-corrected chi connectivity index (χ1v) is 6.30. The van der Waals surface area contributed by atoms with Crippen molar-refractivity contribution in [1.29, 1.82) is 0 Å². The minimum atomic E-state index is -0.399. The molecule has 1 aliphatic rings. The van der Waals surface area contributed by atoms with Crippen LogP contribution in [0.3, 0.4) is 0 Å². The van der Waals surface area contributed by atoms with Gasteiger partial charge in [0.1, 0.15) is 6.61 Å². The summed E-state index contributed by atoms with van der Waals surface area (Å²) in [7, 11) is 0. The van der Waals surface area contributed by atoms with Crippen molar-refractivity contribution in [2.75, 3.05) is 18.1 Å². The molecular weight excluding hydrogens is 246 g/mol. The number of nitrogens with zero attached hydrogens (tertiary/aromatic N) is 1. The molecule has 1 aliphatic heterocycles. The number of benzene rings is 1. The molecular formula is C14H17NO4. The number of amides is 1. The molecule has 0 bridgehead atoms. The van der Waals surface area contributed by atoms with Gasteiger partial charge in [-0.05, 0) is 25.0 Å². The molecule has 0 aliphatic carbocycles. The third-order valence-corrected chi connectivity index (χ3v) is 3.02. The van der Waals surface area contributed by atoms with Gasteiger partial charge in [-0.25, -0.2) is 4.79 Å². The summed E-state index contributed by atoms with van der Waals surface area (Å²) < 4.78 is 10.1. The Kier molecular flexibility index (Phi) is 4.04. The van der Waals surface area contributed by atoms with Crippen molar-refractivity contribution in [3.05, 3.63) is 29.8 Å². The number of carbonyl (C=O) groups excluding carboxylic acids is 2. The van der Waals surface area contributed by atoms with Gasteiger partial charge in [0, 0.05) is 6.92 Å². The van der Waals surface area contributed by atoms with Gasteiger partial charge >= 0.3 is 12.1 Å². The standard InChI is InChI=1S/C14H17NO4/c1-3-18-14(17)15-12(9-19-10(2)16)8-11-6-4-5-7-13(11)15/h4-7,12H,3,8-9H2,1-2H3/t12-/m0/s1. The molecule has 0 saturated carbocycles. The number of anilines is 1. The first kappa shape index (κ1) is 13.4. The Morgan fingerprint density at radius 1 is 1.32 bits per heavy atom. The molecule has 0 N–H and O–H groups in total. The van der Waals surface area contributed by atoms with Crippen molar-refractivity contribution >= 4 is 17.7 Å². The highest BCUT2D eigenvalue weighted by molar-refractivity contribution is 5.91. The van der Waals surface area contributed by atoms with Crippen LogP contribution in [0.4, 0.5) is 10.5 Å². The van der Waals surface area contributed by atoms with Crippen molar-refractivity contribution < 1.29 is 19.1 Å². The first-order chi connectivity index (χ1) is 9.13. The van der Waals surface area contributed by atoms with Gasteiger partial charge in [0.15, 0.2) is 0 Å². The van der Waals surface area contributed by atoms with Crippen LogP contribution in [-0.2, 0) is 20.7 Å². The van der Waals surface area contributed by atoms with Gasteiger partial charge in [-0.1, -0.05) is 18.2 Å². The Balaban J connectivity index is 2.20. The molecule has 1 atom stereocenters.